The maximum Gasteiger partial charge on any atom is 0.315 e. The van der Waals surface area contributed by atoms with Crippen LogP contribution in [0.2, 0.25) is 0 Å². The van der Waals surface area contributed by atoms with Crippen LogP contribution in [0.25, 0.3) is 0 Å². The summed E-state index contributed by atoms with van der Waals surface area (Å²) in [5.41, 5.74) is 0. The van der Waals surface area contributed by atoms with Crippen molar-refractivity contribution in [2.45, 2.75) is 38.0 Å². The van der Waals surface area contributed by atoms with Gasteiger partial charge in [0.15, 0.2) is 0 Å². The molecule has 0 bridgehead atoms. The zero-order chi connectivity index (χ0) is 10.5. The Kier molecular flexibility index (Phi) is 3.37. The molecule has 1 aromatic rings. The van der Waals surface area contributed by atoms with Gasteiger partial charge in [0.2, 0.25) is 5.89 Å². The average Bonchev–Trinajstić information content (AvgIpc) is 2.87. The van der Waals surface area contributed by atoms with Crippen molar-refractivity contribution in [2.75, 3.05) is 11.9 Å². The number of nitrogens with zero attached hydrogens (tertiary/aromatic N) is 2. The maximum absolute atomic E-state index is 5.55. The summed E-state index contributed by atoms with van der Waals surface area (Å²) in [6, 6.07) is 0.541. The van der Waals surface area contributed by atoms with E-state index in [2.05, 4.69) is 22.1 Å². The van der Waals surface area contributed by atoms with Gasteiger partial charge < -0.3 is 9.73 Å². The van der Waals surface area contributed by atoms with Crippen molar-refractivity contribution in [3.8, 4) is 0 Å². The van der Waals surface area contributed by atoms with Crippen LogP contribution in [0.3, 0.4) is 0 Å². The van der Waals surface area contributed by atoms with Crippen LogP contribution >= 0.6 is 0 Å². The van der Waals surface area contributed by atoms with Gasteiger partial charge in [-0.2, -0.15) is 0 Å². The molecule has 15 heavy (non-hydrogen) atoms. The van der Waals surface area contributed by atoms with E-state index in [-0.39, 0.29) is 0 Å². The lowest BCUT2D eigenvalue weighted by atomic mass is 10.1. The van der Waals surface area contributed by atoms with Gasteiger partial charge in [0.25, 0.3) is 0 Å². The molecule has 4 nitrogen and oxygen atoms in total. The molecular formula is C11H17N3O. The minimum Gasteiger partial charge on any atom is -0.408 e. The lowest BCUT2D eigenvalue weighted by Gasteiger charge is -2.00. The number of anilines is 1. The van der Waals surface area contributed by atoms with Crippen LogP contribution in [0.4, 0.5) is 6.01 Å². The quantitative estimate of drug-likeness (QED) is 0.595. The Morgan fingerprint density at radius 2 is 2.20 bits per heavy atom. The molecule has 82 valence electrons. The highest BCUT2D eigenvalue weighted by atomic mass is 16.4. The molecule has 1 saturated carbocycles. The monoisotopic (exact) mass is 207 g/mol. The minimum absolute atomic E-state index is 0.493. The SMILES string of the molecule is C=CCCNc1nnc(C2CCCC2)o1. The molecule has 1 heterocycles. The second-order valence-corrected chi connectivity index (χ2v) is 3.93. The van der Waals surface area contributed by atoms with E-state index < -0.39 is 0 Å². The third-order valence-electron chi connectivity index (χ3n) is 2.77. The molecule has 0 radical (unpaired) electrons. The van der Waals surface area contributed by atoms with Crippen molar-refractivity contribution in [3.05, 3.63) is 18.5 Å². The fourth-order valence-electron chi connectivity index (χ4n) is 1.92. The van der Waals surface area contributed by atoms with Crippen LogP contribution in [0.15, 0.2) is 17.1 Å². The summed E-state index contributed by atoms with van der Waals surface area (Å²) in [7, 11) is 0. The number of rotatable bonds is 5. The largest absolute Gasteiger partial charge is 0.408 e. The fraction of sp³-hybridized carbons (Fsp3) is 0.636. The van der Waals surface area contributed by atoms with E-state index in [4.69, 9.17) is 4.42 Å². The summed E-state index contributed by atoms with van der Waals surface area (Å²) in [5.74, 6) is 1.29. The van der Waals surface area contributed by atoms with Gasteiger partial charge in [-0.15, -0.1) is 11.7 Å². The van der Waals surface area contributed by atoms with Crippen molar-refractivity contribution in [1.82, 2.24) is 10.2 Å². The Hall–Kier alpha value is -1.32. The number of nitrogens with one attached hydrogen (secondary N) is 1. The molecule has 0 atom stereocenters. The Morgan fingerprint density at radius 1 is 1.40 bits per heavy atom. The summed E-state index contributed by atoms with van der Waals surface area (Å²) >= 11 is 0. The van der Waals surface area contributed by atoms with E-state index in [0.29, 0.717) is 11.9 Å². The Labute approximate surface area is 89.8 Å². The molecular weight excluding hydrogens is 190 g/mol. The minimum atomic E-state index is 0.493. The Morgan fingerprint density at radius 3 is 2.93 bits per heavy atom. The number of aromatic nitrogens is 2. The van der Waals surface area contributed by atoms with E-state index in [1.165, 1.54) is 25.7 Å². The number of hydrogen-bond donors (Lipinski definition) is 1. The highest BCUT2D eigenvalue weighted by molar-refractivity contribution is 5.17. The Balaban J connectivity index is 1.88. The van der Waals surface area contributed by atoms with Crippen molar-refractivity contribution >= 4 is 6.01 Å². The van der Waals surface area contributed by atoms with Gasteiger partial charge in [0.1, 0.15) is 0 Å². The van der Waals surface area contributed by atoms with Crippen LogP contribution in [0.1, 0.15) is 43.9 Å². The van der Waals surface area contributed by atoms with E-state index in [1.807, 2.05) is 6.08 Å². The van der Waals surface area contributed by atoms with E-state index >= 15 is 0 Å². The molecule has 1 aliphatic carbocycles. The highest BCUT2D eigenvalue weighted by Gasteiger charge is 2.22. The first-order valence-electron chi connectivity index (χ1n) is 5.58. The predicted molar refractivity (Wildman–Crippen MR) is 58.8 cm³/mol. The molecule has 0 unspecified atom stereocenters. The molecule has 1 aromatic heterocycles. The lowest BCUT2D eigenvalue weighted by Crippen LogP contribution is -1.99. The van der Waals surface area contributed by atoms with Gasteiger partial charge >= 0.3 is 6.01 Å². The second kappa shape index (κ2) is 4.96. The summed E-state index contributed by atoms with van der Waals surface area (Å²) in [5, 5.41) is 11.1. The highest BCUT2D eigenvalue weighted by Crippen LogP contribution is 2.33. The fourth-order valence-corrected chi connectivity index (χ4v) is 1.92. The summed E-state index contributed by atoms with van der Waals surface area (Å²) in [6.07, 6.45) is 7.71. The van der Waals surface area contributed by atoms with Crippen LogP contribution in [-0.4, -0.2) is 16.7 Å². The molecule has 4 heteroatoms. The van der Waals surface area contributed by atoms with Crippen molar-refractivity contribution in [2.24, 2.45) is 0 Å². The van der Waals surface area contributed by atoms with Crippen LogP contribution in [0, 0.1) is 0 Å². The summed E-state index contributed by atoms with van der Waals surface area (Å²) in [6.45, 7) is 4.45. The molecule has 1 N–H and O–H groups in total. The molecule has 0 spiro atoms. The number of hydrogen-bond acceptors (Lipinski definition) is 4. The van der Waals surface area contributed by atoms with Gasteiger partial charge in [0.05, 0.1) is 0 Å². The van der Waals surface area contributed by atoms with E-state index in [9.17, 15) is 0 Å². The third-order valence-corrected chi connectivity index (χ3v) is 2.77. The summed E-state index contributed by atoms with van der Waals surface area (Å²) in [4.78, 5) is 0. The Bertz CT molecular complexity index is 315. The normalized spacial score (nSPS) is 16.8. The van der Waals surface area contributed by atoms with Crippen LogP contribution < -0.4 is 5.32 Å². The average molecular weight is 207 g/mol. The molecule has 0 amide bonds. The standard InChI is InChI=1S/C11H17N3O/c1-2-3-8-12-11-14-13-10(15-11)9-6-4-5-7-9/h2,9H,1,3-8H2,(H,12,14). The van der Waals surface area contributed by atoms with Crippen molar-refractivity contribution < 1.29 is 4.42 Å². The van der Waals surface area contributed by atoms with Gasteiger partial charge in [-0.3, -0.25) is 0 Å². The van der Waals surface area contributed by atoms with Gasteiger partial charge in [-0.05, 0) is 19.3 Å². The zero-order valence-corrected chi connectivity index (χ0v) is 8.91. The summed E-state index contributed by atoms with van der Waals surface area (Å²) < 4.78 is 5.55. The van der Waals surface area contributed by atoms with Gasteiger partial charge in [0, 0.05) is 12.5 Å². The lowest BCUT2D eigenvalue weighted by molar-refractivity contribution is 0.457. The topological polar surface area (TPSA) is 51.0 Å². The van der Waals surface area contributed by atoms with Crippen LogP contribution in [0.5, 0.6) is 0 Å². The molecule has 1 aliphatic rings. The molecule has 0 aromatic carbocycles. The first-order valence-corrected chi connectivity index (χ1v) is 5.58. The molecule has 0 aliphatic heterocycles. The van der Waals surface area contributed by atoms with Gasteiger partial charge in [-0.25, -0.2) is 0 Å². The zero-order valence-electron chi connectivity index (χ0n) is 8.91. The third kappa shape index (κ3) is 2.58. The van der Waals surface area contributed by atoms with E-state index in [1.54, 1.807) is 0 Å². The van der Waals surface area contributed by atoms with Gasteiger partial charge in [-0.1, -0.05) is 24.0 Å². The van der Waals surface area contributed by atoms with Crippen LogP contribution in [-0.2, 0) is 0 Å². The smallest absolute Gasteiger partial charge is 0.315 e. The van der Waals surface area contributed by atoms with Crippen molar-refractivity contribution in [1.29, 1.82) is 0 Å². The van der Waals surface area contributed by atoms with E-state index in [0.717, 1.165) is 18.9 Å². The second-order valence-electron chi connectivity index (χ2n) is 3.93. The maximum atomic E-state index is 5.55. The molecule has 1 fully saturated rings. The predicted octanol–water partition coefficient (Wildman–Crippen LogP) is 2.72. The van der Waals surface area contributed by atoms with Crippen molar-refractivity contribution in [3.63, 3.8) is 0 Å². The first kappa shape index (κ1) is 10.2. The molecule has 2 rings (SSSR count). The first-order chi connectivity index (χ1) is 7.40. The molecule has 0 saturated heterocycles.